The first kappa shape index (κ1) is 31.4. The molecule has 3 aromatic carbocycles. The van der Waals surface area contributed by atoms with Crippen molar-refractivity contribution >= 4 is 50.7 Å². The molecule has 0 fully saturated rings. The van der Waals surface area contributed by atoms with Gasteiger partial charge in [-0.05, 0) is 47.9 Å². The fraction of sp³-hybridized carbons (Fsp3) is 0.310. The van der Waals surface area contributed by atoms with Gasteiger partial charge < -0.3 is 10.2 Å². The first-order valence-corrected chi connectivity index (χ1v) is 15.4. The Morgan fingerprint density at radius 3 is 2.15 bits per heavy atom. The topological polar surface area (TPSA) is 86.8 Å². The Labute approximate surface area is 244 Å². The van der Waals surface area contributed by atoms with Crippen LogP contribution in [0.25, 0.3) is 0 Å². The van der Waals surface area contributed by atoms with Crippen molar-refractivity contribution in [3.8, 4) is 0 Å². The van der Waals surface area contributed by atoms with Gasteiger partial charge in [0.25, 0.3) is 0 Å². The van der Waals surface area contributed by atoms with Crippen LogP contribution in [0.1, 0.15) is 30.9 Å². The normalized spacial score (nSPS) is 12.0. The van der Waals surface area contributed by atoms with Crippen LogP contribution in [0.2, 0.25) is 10.0 Å². The summed E-state index contributed by atoms with van der Waals surface area (Å²) in [5.41, 5.74) is 1.50. The highest BCUT2D eigenvalue weighted by atomic mass is 35.5. The Balaban J connectivity index is 2.04. The van der Waals surface area contributed by atoms with Crippen LogP contribution >= 0.6 is 23.2 Å². The number of carbonyl (C=O) groups excluding carboxylic acids is 2. The summed E-state index contributed by atoms with van der Waals surface area (Å²) in [5.74, 6) is -1.44. The van der Waals surface area contributed by atoms with Crippen LogP contribution in [0.5, 0.6) is 0 Å². The molecule has 3 rings (SSSR count). The van der Waals surface area contributed by atoms with Crippen molar-refractivity contribution < 1.29 is 22.4 Å². The zero-order valence-corrected chi connectivity index (χ0v) is 24.6. The second kappa shape index (κ2) is 14.5. The number of sulfonamides is 1. The molecule has 11 heteroatoms. The summed E-state index contributed by atoms with van der Waals surface area (Å²) in [6.45, 7) is 1.77. The summed E-state index contributed by atoms with van der Waals surface area (Å²) >= 11 is 12.2. The maximum absolute atomic E-state index is 14.0. The summed E-state index contributed by atoms with van der Waals surface area (Å²) < 4.78 is 40.2. The van der Waals surface area contributed by atoms with Gasteiger partial charge in [-0.1, -0.05) is 79.0 Å². The van der Waals surface area contributed by atoms with Crippen molar-refractivity contribution in [2.24, 2.45) is 0 Å². The van der Waals surface area contributed by atoms with Gasteiger partial charge in [0.05, 0.1) is 11.9 Å². The molecule has 0 aliphatic rings. The van der Waals surface area contributed by atoms with Gasteiger partial charge in [-0.25, -0.2) is 12.8 Å². The van der Waals surface area contributed by atoms with E-state index in [-0.39, 0.29) is 34.6 Å². The minimum Gasteiger partial charge on any atom is -0.354 e. The molecule has 0 bridgehead atoms. The number of amides is 2. The summed E-state index contributed by atoms with van der Waals surface area (Å²) in [6.07, 6.45) is 2.78. The number of hydrogen-bond donors (Lipinski definition) is 1. The number of rotatable bonds is 13. The van der Waals surface area contributed by atoms with Crippen LogP contribution in [-0.2, 0) is 32.6 Å². The van der Waals surface area contributed by atoms with E-state index in [9.17, 15) is 22.4 Å². The Bertz CT molecular complexity index is 1390. The molecule has 0 aliphatic carbocycles. The predicted octanol–water partition coefficient (Wildman–Crippen LogP) is 5.45. The third-order valence-electron chi connectivity index (χ3n) is 6.18. The van der Waals surface area contributed by atoms with Crippen molar-refractivity contribution in [2.75, 3.05) is 23.7 Å². The lowest BCUT2D eigenvalue weighted by molar-refractivity contribution is -0.140. The number of nitrogens with zero attached hydrogens (tertiary/aromatic N) is 2. The molecular formula is C29H32Cl2FN3O4S. The molecule has 214 valence electrons. The highest BCUT2D eigenvalue weighted by Crippen LogP contribution is 2.27. The van der Waals surface area contributed by atoms with Crippen molar-refractivity contribution in [1.82, 2.24) is 10.2 Å². The summed E-state index contributed by atoms with van der Waals surface area (Å²) in [7, 11) is -3.96. The first-order chi connectivity index (χ1) is 19.0. The van der Waals surface area contributed by atoms with Crippen LogP contribution in [0.15, 0.2) is 72.8 Å². The minimum absolute atomic E-state index is 0.0499. The highest BCUT2D eigenvalue weighted by Gasteiger charge is 2.33. The third kappa shape index (κ3) is 9.21. The highest BCUT2D eigenvalue weighted by molar-refractivity contribution is 7.92. The van der Waals surface area contributed by atoms with E-state index in [1.165, 1.54) is 47.4 Å². The molecule has 2 amide bonds. The van der Waals surface area contributed by atoms with Gasteiger partial charge >= 0.3 is 0 Å². The number of unbranched alkanes of at least 4 members (excludes halogenated alkanes) is 1. The second-order valence-electron chi connectivity index (χ2n) is 9.40. The average molecular weight is 609 g/mol. The quantitative estimate of drug-likeness (QED) is 0.262. The molecule has 0 aliphatic heterocycles. The second-order valence-corrected chi connectivity index (χ2v) is 12.2. The van der Waals surface area contributed by atoms with Gasteiger partial charge in [0, 0.05) is 29.6 Å². The molecule has 0 saturated heterocycles. The van der Waals surface area contributed by atoms with E-state index in [2.05, 4.69) is 5.32 Å². The number of carbonyl (C=O) groups is 2. The van der Waals surface area contributed by atoms with Crippen molar-refractivity contribution in [3.05, 3.63) is 99.8 Å². The molecule has 7 nitrogen and oxygen atoms in total. The third-order valence-corrected chi connectivity index (χ3v) is 7.76. The monoisotopic (exact) mass is 607 g/mol. The van der Waals surface area contributed by atoms with E-state index in [1.807, 2.05) is 37.3 Å². The van der Waals surface area contributed by atoms with Crippen molar-refractivity contribution in [2.45, 2.75) is 38.8 Å². The standard InChI is InChI=1S/C29H32Cl2FN3O4S/c1-3-4-14-33-29(37)27(15-21-8-6-5-7-9-21)34(19-22-10-12-25(32)13-11-22)28(36)20-35(40(2,38)39)26-17-23(30)16-24(31)18-26/h5-13,16-18,27H,3-4,14-15,19-20H2,1-2H3,(H,33,37). The lowest BCUT2D eigenvalue weighted by Gasteiger charge is -2.33. The summed E-state index contributed by atoms with van der Waals surface area (Å²) in [5, 5.41) is 3.30. The van der Waals surface area contributed by atoms with Crippen LogP contribution in [-0.4, -0.2) is 50.5 Å². The van der Waals surface area contributed by atoms with Crippen molar-refractivity contribution in [3.63, 3.8) is 0 Å². The molecule has 1 N–H and O–H groups in total. The molecule has 40 heavy (non-hydrogen) atoms. The summed E-state index contributed by atoms with van der Waals surface area (Å²) in [6, 6.07) is 18.1. The van der Waals surface area contributed by atoms with Gasteiger partial charge in [-0.3, -0.25) is 13.9 Å². The van der Waals surface area contributed by atoms with Gasteiger partial charge in [0.1, 0.15) is 18.4 Å². The van der Waals surface area contributed by atoms with E-state index in [0.29, 0.717) is 12.1 Å². The Hall–Kier alpha value is -3.14. The van der Waals surface area contributed by atoms with Gasteiger partial charge in [-0.15, -0.1) is 0 Å². The molecule has 0 heterocycles. The molecule has 3 aromatic rings. The zero-order chi connectivity index (χ0) is 29.3. The fourth-order valence-corrected chi connectivity index (χ4v) is 5.49. The number of anilines is 1. The number of hydrogen-bond acceptors (Lipinski definition) is 4. The van der Waals surface area contributed by atoms with E-state index in [0.717, 1.165) is 29.0 Å². The molecular weight excluding hydrogens is 576 g/mol. The minimum atomic E-state index is -3.96. The van der Waals surface area contributed by atoms with Crippen LogP contribution in [0.3, 0.4) is 0 Å². The maximum Gasteiger partial charge on any atom is 0.244 e. The average Bonchev–Trinajstić information content (AvgIpc) is 2.89. The van der Waals surface area contributed by atoms with Gasteiger partial charge in [0.2, 0.25) is 21.8 Å². The Morgan fingerprint density at radius 1 is 0.950 bits per heavy atom. The molecule has 0 saturated carbocycles. The first-order valence-electron chi connectivity index (χ1n) is 12.8. The predicted molar refractivity (Wildman–Crippen MR) is 157 cm³/mol. The molecule has 1 unspecified atom stereocenters. The van der Waals surface area contributed by atoms with E-state index in [4.69, 9.17) is 23.2 Å². The number of benzene rings is 3. The van der Waals surface area contributed by atoms with E-state index < -0.39 is 34.3 Å². The SMILES string of the molecule is CCCCNC(=O)C(Cc1ccccc1)N(Cc1ccc(F)cc1)C(=O)CN(c1cc(Cl)cc(Cl)c1)S(C)(=O)=O. The smallest absolute Gasteiger partial charge is 0.244 e. The molecule has 1 atom stereocenters. The summed E-state index contributed by atoms with van der Waals surface area (Å²) in [4.78, 5) is 28.8. The van der Waals surface area contributed by atoms with Crippen LogP contribution in [0, 0.1) is 5.82 Å². The van der Waals surface area contributed by atoms with Gasteiger partial charge in [-0.2, -0.15) is 0 Å². The Morgan fingerprint density at radius 2 is 1.57 bits per heavy atom. The zero-order valence-electron chi connectivity index (χ0n) is 22.3. The van der Waals surface area contributed by atoms with Gasteiger partial charge in [0.15, 0.2) is 0 Å². The lowest BCUT2D eigenvalue weighted by atomic mass is 10.0. The maximum atomic E-state index is 14.0. The van der Waals surface area contributed by atoms with E-state index >= 15 is 0 Å². The largest absolute Gasteiger partial charge is 0.354 e. The van der Waals surface area contributed by atoms with Crippen LogP contribution in [0.4, 0.5) is 10.1 Å². The van der Waals surface area contributed by atoms with Crippen LogP contribution < -0.4 is 9.62 Å². The number of halogens is 3. The Kier molecular flexibility index (Phi) is 11.4. The van der Waals surface area contributed by atoms with Crippen molar-refractivity contribution in [1.29, 1.82) is 0 Å². The lowest BCUT2D eigenvalue weighted by Crippen LogP contribution is -2.53. The molecule has 0 spiro atoms. The van der Waals surface area contributed by atoms with E-state index in [1.54, 1.807) is 0 Å². The fourth-order valence-electron chi connectivity index (χ4n) is 4.14. The molecule has 0 radical (unpaired) electrons. The molecule has 0 aromatic heterocycles. The number of nitrogens with one attached hydrogen (secondary N) is 1.